The summed E-state index contributed by atoms with van der Waals surface area (Å²) in [5, 5.41) is 0.176. The second kappa shape index (κ2) is 3.23. The van der Waals surface area contributed by atoms with Crippen LogP contribution in [0.15, 0.2) is 34.9 Å². The largest absolute Gasteiger partial charge is 0.428 e. The van der Waals surface area contributed by atoms with Gasteiger partial charge >= 0.3 is 0 Å². The summed E-state index contributed by atoms with van der Waals surface area (Å²) >= 11 is 5.56. The minimum atomic E-state index is 0.176. The topological polar surface area (TPSA) is 26.0 Å². The highest BCUT2D eigenvalue weighted by molar-refractivity contribution is 6.27. The van der Waals surface area contributed by atoms with Crippen LogP contribution in [0.3, 0.4) is 0 Å². The Morgan fingerprint density at radius 2 is 1.92 bits per heavy atom. The first kappa shape index (κ1) is 8.32. The third kappa shape index (κ3) is 1.73. The standard InChI is InChI=1S/C10H8ClNO/c1-7-2-4-8(5-3-7)9-6-12-10(11)13-9/h2-6H,1H3. The Kier molecular flexibility index (Phi) is 2.07. The molecule has 0 unspecified atom stereocenters. The molecule has 0 amide bonds. The Bertz CT molecular complexity index is 405. The van der Waals surface area contributed by atoms with E-state index in [-0.39, 0.29) is 5.35 Å². The average Bonchev–Trinajstić information content (AvgIpc) is 2.53. The highest BCUT2D eigenvalue weighted by Gasteiger charge is 2.02. The van der Waals surface area contributed by atoms with Crippen LogP contribution in [0.5, 0.6) is 0 Å². The van der Waals surface area contributed by atoms with Gasteiger partial charge in [-0.2, -0.15) is 0 Å². The van der Waals surface area contributed by atoms with Crippen molar-refractivity contribution in [1.29, 1.82) is 0 Å². The van der Waals surface area contributed by atoms with Gasteiger partial charge in [-0.1, -0.05) is 29.8 Å². The summed E-state index contributed by atoms with van der Waals surface area (Å²) in [6, 6.07) is 8.00. The third-order valence-electron chi connectivity index (χ3n) is 1.81. The molecule has 2 rings (SSSR count). The maximum atomic E-state index is 5.56. The van der Waals surface area contributed by atoms with Crippen molar-refractivity contribution in [2.24, 2.45) is 0 Å². The van der Waals surface area contributed by atoms with E-state index >= 15 is 0 Å². The van der Waals surface area contributed by atoms with E-state index in [1.165, 1.54) is 5.56 Å². The monoisotopic (exact) mass is 193 g/mol. The number of halogens is 1. The number of aryl methyl sites for hydroxylation is 1. The maximum absolute atomic E-state index is 5.56. The quantitative estimate of drug-likeness (QED) is 0.695. The molecule has 0 bridgehead atoms. The molecule has 2 nitrogen and oxygen atoms in total. The van der Waals surface area contributed by atoms with Gasteiger partial charge in [0.2, 0.25) is 0 Å². The van der Waals surface area contributed by atoms with Gasteiger partial charge in [0, 0.05) is 5.56 Å². The smallest absolute Gasteiger partial charge is 0.292 e. The van der Waals surface area contributed by atoms with Crippen molar-refractivity contribution in [3.8, 4) is 11.3 Å². The number of benzene rings is 1. The first-order valence-electron chi connectivity index (χ1n) is 3.94. The van der Waals surface area contributed by atoms with Crippen LogP contribution in [0.1, 0.15) is 5.56 Å². The van der Waals surface area contributed by atoms with Crippen molar-refractivity contribution in [3.05, 3.63) is 41.4 Å². The zero-order valence-electron chi connectivity index (χ0n) is 7.12. The predicted octanol–water partition coefficient (Wildman–Crippen LogP) is 3.30. The molecule has 66 valence electrons. The average molecular weight is 194 g/mol. The summed E-state index contributed by atoms with van der Waals surface area (Å²) in [6.07, 6.45) is 1.62. The number of rotatable bonds is 1. The Hall–Kier alpha value is -1.28. The van der Waals surface area contributed by atoms with Gasteiger partial charge < -0.3 is 4.42 Å². The number of oxazole rings is 1. The van der Waals surface area contributed by atoms with E-state index in [0.29, 0.717) is 5.76 Å². The molecule has 1 aromatic heterocycles. The van der Waals surface area contributed by atoms with Crippen molar-refractivity contribution in [1.82, 2.24) is 4.98 Å². The maximum Gasteiger partial charge on any atom is 0.292 e. The van der Waals surface area contributed by atoms with Crippen molar-refractivity contribution >= 4 is 11.6 Å². The van der Waals surface area contributed by atoms with E-state index < -0.39 is 0 Å². The van der Waals surface area contributed by atoms with Crippen LogP contribution in [0, 0.1) is 6.92 Å². The lowest BCUT2D eigenvalue weighted by Gasteiger charge is -1.95. The summed E-state index contributed by atoms with van der Waals surface area (Å²) in [5.41, 5.74) is 2.21. The van der Waals surface area contributed by atoms with Crippen LogP contribution in [0.25, 0.3) is 11.3 Å². The fraction of sp³-hybridized carbons (Fsp3) is 0.100. The first-order valence-corrected chi connectivity index (χ1v) is 4.32. The number of hydrogen-bond donors (Lipinski definition) is 0. The van der Waals surface area contributed by atoms with Gasteiger partial charge in [-0.25, -0.2) is 4.98 Å². The molecule has 3 heteroatoms. The van der Waals surface area contributed by atoms with Crippen LogP contribution in [0.4, 0.5) is 0 Å². The van der Waals surface area contributed by atoms with Gasteiger partial charge in [0.05, 0.1) is 6.20 Å². The van der Waals surface area contributed by atoms with E-state index in [1.54, 1.807) is 6.20 Å². The minimum absolute atomic E-state index is 0.176. The molecule has 0 aliphatic rings. The number of hydrogen-bond acceptors (Lipinski definition) is 2. The minimum Gasteiger partial charge on any atom is -0.428 e. The molecule has 0 aliphatic heterocycles. The third-order valence-corrected chi connectivity index (χ3v) is 1.99. The van der Waals surface area contributed by atoms with E-state index in [1.807, 2.05) is 31.2 Å². The molecule has 0 saturated carbocycles. The zero-order valence-corrected chi connectivity index (χ0v) is 7.88. The molecule has 0 fully saturated rings. The van der Waals surface area contributed by atoms with Crippen LogP contribution < -0.4 is 0 Å². The predicted molar refractivity (Wildman–Crippen MR) is 51.7 cm³/mol. The molecule has 13 heavy (non-hydrogen) atoms. The second-order valence-corrected chi connectivity index (χ2v) is 3.17. The van der Waals surface area contributed by atoms with Gasteiger partial charge in [0.25, 0.3) is 5.35 Å². The van der Waals surface area contributed by atoms with Crippen molar-refractivity contribution < 1.29 is 4.42 Å². The molecular formula is C10H8ClNO. The van der Waals surface area contributed by atoms with Gasteiger partial charge in [-0.05, 0) is 18.5 Å². The van der Waals surface area contributed by atoms with E-state index in [2.05, 4.69) is 4.98 Å². The van der Waals surface area contributed by atoms with Crippen LogP contribution in [-0.4, -0.2) is 4.98 Å². The Morgan fingerprint density at radius 3 is 2.46 bits per heavy atom. The van der Waals surface area contributed by atoms with Gasteiger partial charge in [0.15, 0.2) is 5.76 Å². The summed E-state index contributed by atoms with van der Waals surface area (Å²) < 4.78 is 5.16. The molecule has 0 aliphatic carbocycles. The number of nitrogens with zero attached hydrogens (tertiary/aromatic N) is 1. The first-order chi connectivity index (χ1) is 6.25. The molecule has 0 radical (unpaired) electrons. The molecule has 1 heterocycles. The lowest BCUT2D eigenvalue weighted by atomic mass is 10.1. The van der Waals surface area contributed by atoms with Gasteiger partial charge in [0.1, 0.15) is 0 Å². The molecular weight excluding hydrogens is 186 g/mol. The van der Waals surface area contributed by atoms with Gasteiger partial charge in [-0.15, -0.1) is 0 Å². The molecule has 1 aromatic carbocycles. The van der Waals surface area contributed by atoms with Crippen LogP contribution >= 0.6 is 11.6 Å². The lowest BCUT2D eigenvalue weighted by molar-refractivity contribution is 0.574. The zero-order chi connectivity index (χ0) is 9.26. The van der Waals surface area contributed by atoms with Crippen LogP contribution in [0.2, 0.25) is 5.35 Å². The molecule has 0 spiro atoms. The van der Waals surface area contributed by atoms with E-state index in [4.69, 9.17) is 16.0 Å². The second-order valence-electron chi connectivity index (χ2n) is 2.84. The van der Waals surface area contributed by atoms with Gasteiger partial charge in [-0.3, -0.25) is 0 Å². The Morgan fingerprint density at radius 1 is 1.23 bits per heavy atom. The van der Waals surface area contributed by atoms with E-state index in [9.17, 15) is 0 Å². The fourth-order valence-electron chi connectivity index (χ4n) is 1.10. The fourth-order valence-corrected chi connectivity index (χ4v) is 1.24. The van der Waals surface area contributed by atoms with Crippen molar-refractivity contribution in [3.63, 3.8) is 0 Å². The van der Waals surface area contributed by atoms with Crippen molar-refractivity contribution in [2.45, 2.75) is 6.92 Å². The SMILES string of the molecule is Cc1ccc(-c2cnc(Cl)o2)cc1. The lowest BCUT2D eigenvalue weighted by Crippen LogP contribution is -1.74. The summed E-state index contributed by atoms with van der Waals surface area (Å²) in [7, 11) is 0. The highest BCUT2D eigenvalue weighted by Crippen LogP contribution is 2.22. The Balaban J connectivity index is 2.41. The summed E-state index contributed by atoms with van der Waals surface area (Å²) in [4.78, 5) is 3.81. The molecule has 0 N–H and O–H groups in total. The van der Waals surface area contributed by atoms with Crippen LogP contribution in [-0.2, 0) is 0 Å². The van der Waals surface area contributed by atoms with E-state index in [0.717, 1.165) is 5.56 Å². The highest BCUT2D eigenvalue weighted by atomic mass is 35.5. The number of aromatic nitrogens is 1. The molecule has 2 aromatic rings. The normalized spacial score (nSPS) is 10.3. The Labute approximate surface area is 81.2 Å². The summed E-state index contributed by atoms with van der Waals surface area (Å²) in [5.74, 6) is 0.699. The van der Waals surface area contributed by atoms with Crippen molar-refractivity contribution in [2.75, 3.05) is 0 Å². The molecule has 0 atom stereocenters. The summed E-state index contributed by atoms with van der Waals surface area (Å²) in [6.45, 7) is 2.04. The molecule has 0 saturated heterocycles.